The second-order valence-corrected chi connectivity index (χ2v) is 9.77. The van der Waals surface area contributed by atoms with Gasteiger partial charge in [-0.25, -0.2) is 4.68 Å². The van der Waals surface area contributed by atoms with E-state index < -0.39 is 0 Å². The van der Waals surface area contributed by atoms with Crippen molar-refractivity contribution in [3.63, 3.8) is 0 Å². The molecule has 1 atom stereocenters. The predicted molar refractivity (Wildman–Crippen MR) is 129 cm³/mol. The molecular formula is C26H26ClN3O3. The summed E-state index contributed by atoms with van der Waals surface area (Å²) in [5, 5.41) is 8.98. The van der Waals surface area contributed by atoms with E-state index in [2.05, 4.69) is 19.2 Å². The lowest BCUT2D eigenvalue weighted by Crippen LogP contribution is -2.36. The Balaban J connectivity index is 1.71. The van der Waals surface area contributed by atoms with E-state index in [0.717, 1.165) is 40.2 Å². The Bertz CT molecular complexity index is 1270. The number of nitrogens with zero attached hydrogens (tertiary/aromatic N) is 2. The van der Waals surface area contributed by atoms with Gasteiger partial charge in [-0.1, -0.05) is 43.6 Å². The molecule has 0 bridgehead atoms. The van der Waals surface area contributed by atoms with Crippen molar-refractivity contribution in [3.05, 3.63) is 70.5 Å². The zero-order valence-electron chi connectivity index (χ0n) is 19.1. The Kier molecular flexibility index (Phi) is 5.20. The molecule has 0 amide bonds. The number of halogens is 1. The van der Waals surface area contributed by atoms with Crippen molar-refractivity contribution < 1.29 is 14.3 Å². The highest BCUT2D eigenvalue weighted by atomic mass is 35.5. The van der Waals surface area contributed by atoms with Crippen molar-refractivity contribution in [1.82, 2.24) is 9.78 Å². The van der Waals surface area contributed by atoms with Crippen LogP contribution in [0.2, 0.25) is 5.02 Å². The molecule has 0 spiro atoms. The molecule has 7 heteroatoms. The van der Waals surface area contributed by atoms with Crippen molar-refractivity contribution in [1.29, 1.82) is 0 Å². The number of allylic oxidation sites excluding steroid dienone is 2. The van der Waals surface area contributed by atoms with Gasteiger partial charge in [-0.05, 0) is 47.2 Å². The van der Waals surface area contributed by atoms with Crippen LogP contribution >= 0.6 is 11.6 Å². The van der Waals surface area contributed by atoms with Gasteiger partial charge in [0, 0.05) is 28.3 Å². The number of benzene rings is 2. The van der Waals surface area contributed by atoms with Gasteiger partial charge in [0.25, 0.3) is 0 Å². The lowest BCUT2D eigenvalue weighted by molar-refractivity contribution is -0.118. The summed E-state index contributed by atoms with van der Waals surface area (Å²) in [6.07, 6.45) is 3.12. The average molecular weight is 464 g/mol. The molecule has 1 unspecified atom stereocenters. The van der Waals surface area contributed by atoms with E-state index in [1.807, 2.05) is 53.3 Å². The summed E-state index contributed by atoms with van der Waals surface area (Å²) in [6, 6.07) is 13.1. The molecule has 1 aliphatic carbocycles. The van der Waals surface area contributed by atoms with Gasteiger partial charge in [0.05, 0.1) is 20.4 Å². The van der Waals surface area contributed by atoms with E-state index in [4.69, 9.17) is 26.2 Å². The quantitative estimate of drug-likeness (QED) is 0.523. The van der Waals surface area contributed by atoms with Gasteiger partial charge in [0.1, 0.15) is 11.9 Å². The number of nitrogens with one attached hydrogen (secondary N) is 1. The molecule has 0 saturated heterocycles. The fourth-order valence-corrected chi connectivity index (χ4v) is 5.01. The molecule has 1 aromatic heterocycles. The predicted octanol–water partition coefficient (Wildman–Crippen LogP) is 5.88. The largest absolute Gasteiger partial charge is 0.493 e. The van der Waals surface area contributed by atoms with Gasteiger partial charge in [-0.2, -0.15) is 5.10 Å². The van der Waals surface area contributed by atoms with E-state index >= 15 is 0 Å². The van der Waals surface area contributed by atoms with Crippen LogP contribution in [0.5, 0.6) is 11.5 Å². The second-order valence-electron chi connectivity index (χ2n) is 9.33. The first kappa shape index (κ1) is 21.6. The van der Waals surface area contributed by atoms with Crippen LogP contribution in [0.1, 0.15) is 38.3 Å². The second kappa shape index (κ2) is 7.96. The average Bonchev–Trinajstić information content (AvgIpc) is 3.20. The van der Waals surface area contributed by atoms with Gasteiger partial charge in [-0.15, -0.1) is 0 Å². The number of hydrogen-bond acceptors (Lipinski definition) is 5. The van der Waals surface area contributed by atoms with E-state index in [1.54, 1.807) is 14.2 Å². The molecule has 33 heavy (non-hydrogen) atoms. The van der Waals surface area contributed by atoms with Crippen molar-refractivity contribution in [2.75, 3.05) is 19.5 Å². The monoisotopic (exact) mass is 463 g/mol. The number of anilines is 1. The summed E-state index contributed by atoms with van der Waals surface area (Å²) in [7, 11) is 3.22. The Morgan fingerprint density at radius 2 is 1.79 bits per heavy atom. The first-order valence-corrected chi connectivity index (χ1v) is 11.3. The molecule has 2 aromatic carbocycles. The maximum atomic E-state index is 13.4. The lowest BCUT2D eigenvalue weighted by atomic mass is 9.73. The fraction of sp³-hybridized carbons (Fsp3) is 0.308. The van der Waals surface area contributed by atoms with Gasteiger partial charge >= 0.3 is 0 Å². The minimum Gasteiger partial charge on any atom is -0.493 e. The Hall–Kier alpha value is -3.25. The van der Waals surface area contributed by atoms with Gasteiger partial charge in [0.2, 0.25) is 0 Å². The molecule has 2 heterocycles. The number of fused-ring (bicyclic) bond motifs is 1. The van der Waals surface area contributed by atoms with Crippen LogP contribution in [0.15, 0.2) is 59.9 Å². The first-order valence-electron chi connectivity index (χ1n) is 10.9. The van der Waals surface area contributed by atoms with Gasteiger partial charge in [-0.3, -0.25) is 4.79 Å². The Morgan fingerprint density at radius 3 is 2.48 bits per heavy atom. The van der Waals surface area contributed by atoms with Crippen LogP contribution in [0.25, 0.3) is 11.1 Å². The number of ether oxygens (including phenoxy) is 2. The fourth-order valence-electron chi connectivity index (χ4n) is 4.88. The number of Topliss-reactive ketones (excluding diaryl/α,β-unsaturated/α-hetero) is 1. The highest BCUT2D eigenvalue weighted by molar-refractivity contribution is 6.30. The number of ketones is 1. The molecule has 0 saturated carbocycles. The first-order chi connectivity index (χ1) is 15.8. The maximum absolute atomic E-state index is 13.4. The molecular weight excluding hydrogens is 438 g/mol. The summed E-state index contributed by atoms with van der Waals surface area (Å²) < 4.78 is 12.9. The summed E-state index contributed by atoms with van der Waals surface area (Å²) >= 11 is 6.11. The zero-order valence-corrected chi connectivity index (χ0v) is 19.9. The minimum atomic E-state index is -0.360. The third kappa shape index (κ3) is 3.68. The number of hydrogen-bond donors (Lipinski definition) is 1. The zero-order chi connectivity index (χ0) is 23.3. The van der Waals surface area contributed by atoms with Crippen LogP contribution in [-0.4, -0.2) is 29.8 Å². The normalized spacial score (nSPS) is 18.9. The van der Waals surface area contributed by atoms with Gasteiger partial charge in [0.15, 0.2) is 17.3 Å². The number of carbonyl (C=O) groups is 1. The third-order valence-corrected chi connectivity index (χ3v) is 6.63. The van der Waals surface area contributed by atoms with E-state index in [9.17, 15) is 4.79 Å². The van der Waals surface area contributed by atoms with E-state index in [0.29, 0.717) is 22.9 Å². The molecule has 5 rings (SSSR count). The highest BCUT2D eigenvalue weighted by Crippen LogP contribution is 2.48. The topological polar surface area (TPSA) is 65.4 Å². The number of methoxy groups -OCH3 is 2. The number of aromatic nitrogens is 2. The Labute approximate surface area is 198 Å². The smallest absolute Gasteiger partial charge is 0.163 e. The summed E-state index contributed by atoms with van der Waals surface area (Å²) in [5.41, 5.74) is 4.48. The molecule has 2 aliphatic rings. The molecule has 0 fully saturated rings. The molecule has 1 aliphatic heterocycles. The molecule has 0 radical (unpaired) electrons. The molecule has 170 valence electrons. The maximum Gasteiger partial charge on any atom is 0.163 e. The summed E-state index contributed by atoms with van der Waals surface area (Å²) in [5.74, 6) is 2.26. The third-order valence-electron chi connectivity index (χ3n) is 6.38. The number of carbonyl (C=O) groups excluding carboxylic acids is 1. The van der Waals surface area contributed by atoms with Crippen LogP contribution in [0.4, 0.5) is 5.82 Å². The van der Waals surface area contributed by atoms with Crippen molar-refractivity contribution in [2.24, 2.45) is 5.41 Å². The van der Waals surface area contributed by atoms with Crippen molar-refractivity contribution in [3.8, 4) is 22.6 Å². The molecule has 6 nitrogen and oxygen atoms in total. The molecule has 3 aromatic rings. The summed E-state index contributed by atoms with van der Waals surface area (Å²) in [4.78, 5) is 13.4. The van der Waals surface area contributed by atoms with Gasteiger partial charge < -0.3 is 14.8 Å². The standard InChI is InChI=1S/C26H26ClN3O3/c1-26(2)12-19-23(20(31)13-26)24(16-7-10-21(32-3)22(11-16)33-4)30-25(29-19)18(14-28-30)15-5-8-17(27)9-6-15/h5-11,14,24,29H,12-13H2,1-4H3. The minimum absolute atomic E-state index is 0.117. The van der Waals surface area contributed by atoms with Crippen molar-refractivity contribution >= 4 is 23.2 Å². The van der Waals surface area contributed by atoms with Crippen LogP contribution in [-0.2, 0) is 4.79 Å². The lowest BCUT2D eigenvalue weighted by Gasteiger charge is -2.39. The summed E-state index contributed by atoms with van der Waals surface area (Å²) in [6.45, 7) is 4.27. The highest BCUT2D eigenvalue weighted by Gasteiger charge is 2.42. The number of rotatable bonds is 4. The van der Waals surface area contributed by atoms with Crippen LogP contribution < -0.4 is 14.8 Å². The van der Waals surface area contributed by atoms with Crippen molar-refractivity contribution in [2.45, 2.75) is 32.7 Å². The van der Waals surface area contributed by atoms with E-state index in [-0.39, 0.29) is 17.2 Å². The SMILES string of the molecule is COc1ccc(C2C3=C(CC(C)(C)CC3=O)Nc3c(-c4ccc(Cl)cc4)cnn32)cc1OC. The molecule has 1 N–H and O–H groups in total. The Morgan fingerprint density at radius 1 is 1.06 bits per heavy atom. The van der Waals surface area contributed by atoms with Crippen LogP contribution in [0, 0.1) is 5.41 Å². The van der Waals surface area contributed by atoms with Crippen LogP contribution in [0.3, 0.4) is 0 Å². The van der Waals surface area contributed by atoms with E-state index in [1.165, 1.54) is 0 Å².